The van der Waals surface area contributed by atoms with Crippen LogP contribution in [0.1, 0.15) is 36.8 Å². The molecule has 0 bridgehead atoms. The van der Waals surface area contributed by atoms with E-state index in [1.54, 1.807) is 24.3 Å². The van der Waals surface area contributed by atoms with Crippen molar-refractivity contribution in [2.45, 2.75) is 31.5 Å². The van der Waals surface area contributed by atoms with E-state index in [1.807, 2.05) is 48.4 Å². The summed E-state index contributed by atoms with van der Waals surface area (Å²) in [5, 5.41) is 12.1. The first kappa shape index (κ1) is 18.9. The Bertz CT molecular complexity index is 1100. The molecule has 3 atom stereocenters. The molecule has 0 aliphatic carbocycles. The minimum Gasteiger partial charge on any atom is -0.337 e. The number of nitrogens with zero attached hydrogens (tertiary/aromatic N) is 5. The Morgan fingerprint density at radius 3 is 2.70 bits per heavy atom. The van der Waals surface area contributed by atoms with E-state index in [0.29, 0.717) is 6.04 Å². The molecule has 0 radical (unpaired) electrons. The molecular weight excluding hydrogens is 398 g/mol. The molecule has 152 valence electrons. The van der Waals surface area contributed by atoms with Crippen molar-refractivity contribution >= 4 is 22.6 Å². The van der Waals surface area contributed by atoms with Gasteiger partial charge in [0.1, 0.15) is 12.1 Å². The van der Waals surface area contributed by atoms with E-state index in [0.717, 1.165) is 34.4 Å². The number of benzene rings is 1. The van der Waals surface area contributed by atoms with Gasteiger partial charge in [-0.05, 0) is 42.8 Å². The second-order valence-corrected chi connectivity index (χ2v) is 8.40. The van der Waals surface area contributed by atoms with Gasteiger partial charge in [0, 0.05) is 47.7 Å². The van der Waals surface area contributed by atoms with Crippen molar-refractivity contribution in [2.75, 3.05) is 5.75 Å². The fourth-order valence-corrected chi connectivity index (χ4v) is 5.61. The monoisotopic (exact) mass is 419 g/mol. The van der Waals surface area contributed by atoms with Crippen molar-refractivity contribution in [2.24, 2.45) is 4.99 Å². The fraction of sp³-hybridized carbons (Fsp3) is 0.273. The molecule has 1 aromatic carbocycles. The van der Waals surface area contributed by atoms with E-state index in [-0.39, 0.29) is 22.7 Å². The summed E-state index contributed by atoms with van der Waals surface area (Å²) in [5.74, 6) is 1.04. The summed E-state index contributed by atoms with van der Waals surface area (Å²) in [6.07, 6.45) is 4.87. The van der Waals surface area contributed by atoms with E-state index in [2.05, 4.69) is 27.4 Å². The number of nitro groups is 1. The Hall–Kier alpha value is -3.13. The first-order valence-electron chi connectivity index (χ1n) is 9.99. The molecule has 0 N–H and O–H groups in total. The molecule has 2 aliphatic rings. The molecule has 1 saturated heterocycles. The number of nitro benzene ring substituents is 1. The Labute approximate surface area is 178 Å². The fourth-order valence-electron chi connectivity index (χ4n) is 4.28. The summed E-state index contributed by atoms with van der Waals surface area (Å²) in [4.78, 5) is 22.8. The lowest BCUT2D eigenvalue weighted by Crippen LogP contribution is -2.36. The predicted molar refractivity (Wildman–Crippen MR) is 118 cm³/mol. The van der Waals surface area contributed by atoms with E-state index in [1.165, 1.54) is 0 Å². The number of hydrogen-bond donors (Lipinski definition) is 0. The third kappa shape index (κ3) is 3.08. The van der Waals surface area contributed by atoms with Gasteiger partial charge in [-0.15, -0.1) is 0 Å². The van der Waals surface area contributed by atoms with Crippen LogP contribution in [-0.4, -0.2) is 36.3 Å². The van der Waals surface area contributed by atoms with Gasteiger partial charge in [0.05, 0.1) is 10.6 Å². The molecule has 2 aromatic heterocycles. The van der Waals surface area contributed by atoms with Crippen molar-refractivity contribution in [3.8, 4) is 5.69 Å². The van der Waals surface area contributed by atoms with E-state index >= 15 is 0 Å². The quantitative estimate of drug-likeness (QED) is 0.440. The van der Waals surface area contributed by atoms with Crippen LogP contribution in [0.25, 0.3) is 5.69 Å². The number of aromatic nitrogens is 2. The SMILES string of the molecule is CC[C@@H]1CSC2=N[C@H](c3ccccn3)[C@@H](c3cccn3-c3ccc([N+](=O)[O-])cc3)N21. The van der Waals surface area contributed by atoms with Crippen molar-refractivity contribution < 1.29 is 4.92 Å². The average Bonchev–Trinajstić information content (AvgIpc) is 3.49. The van der Waals surface area contributed by atoms with Gasteiger partial charge in [-0.2, -0.15) is 0 Å². The lowest BCUT2D eigenvalue weighted by Gasteiger charge is -2.32. The molecule has 30 heavy (non-hydrogen) atoms. The van der Waals surface area contributed by atoms with Crippen LogP contribution in [0.4, 0.5) is 5.69 Å². The summed E-state index contributed by atoms with van der Waals surface area (Å²) in [5.41, 5.74) is 3.05. The van der Waals surface area contributed by atoms with Gasteiger partial charge in [-0.3, -0.25) is 20.1 Å². The van der Waals surface area contributed by atoms with Crippen molar-refractivity contribution in [3.05, 3.63) is 88.5 Å². The normalized spacial score (nSPS) is 22.8. The standard InChI is InChI=1S/C22H21N5O2S/c1-2-15-14-30-22-24-20(18-6-3-4-12-23-18)21(26(15)22)19-7-5-13-25(19)16-8-10-17(11-9-16)27(28)29/h3-13,15,20-21H,2,14H2,1H3/t15-,20-,21-/m1/s1. The number of thioether (sulfide) groups is 1. The third-order valence-corrected chi connectivity index (χ3v) is 6.88. The van der Waals surface area contributed by atoms with Gasteiger partial charge in [-0.1, -0.05) is 24.8 Å². The van der Waals surface area contributed by atoms with Crippen molar-refractivity contribution in [3.63, 3.8) is 0 Å². The van der Waals surface area contributed by atoms with Gasteiger partial charge >= 0.3 is 0 Å². The maximum Gasteiger partial charge on any atom is 0.269 e. The zero-order valence-corrected chi connectivity index (χ0v) is 17.3. The number of aliphatic imine (C=N–C) groups is 1. The van der Waals surface area contributed by atoms with Gasteiger partial charge in [-0.25, -0.2) is 0 Å². The minimum absolute atomic E-state index is 0.0278. The van der Waals surface area contributed by atoms with Crippen LogP contribution >= 0.6 is 11.8 Å². The molecule has 0 amide bonds. The second kappa shape index (κ2) is 7.60. The number of pyridine rings is 1. The number of fused-ring (bicyclic) bond motifs is 1. The zero-order valence-electron chi connectivity index (χ0n) is 16.5. The van der Waals surface area contributed by atoms with Crippen LogP contribution in [0.2, 0.25) is 0 Å². The maximum absolute atomic E-state index is 11.0. The van der Waals surface area contributed by atoms with Crippen molar-refractivity contribution in [1.82, 2.24) is 14.5 Å². The van der Waals surface area contributed by atoms with Gasteiger partial charge in [0.15, 0.2) is 5.17 Å². The van der Waals surface area contributed by atoms with Crippen LogP contribution in [0.15, 0.2) is 72.0 Å². The highest BCUT2D eigenvalue weighted by Gasteiger charge is 2.46. The van der Waals surface area contributed by atoms with Gasteiger partial charge in [0.25, 0.3) is 5.69 Å². The number of non-ortho nitro benzene ring substituents is 1. The van der Waals surface area contributed by atoms with Crippen molar-refractivity contribution in [1.29, 1.82) is 0 Å². The molecule has 1 fully saturated rings. The zero-order chi connectivity index (χ0) is 20.7. The topological polar surface area (TPSA) is 76.6 Å². The number of amidine groups is 1. The summed E-state index contributed by atoms with van der Waals surface area (Å²) >= 11 is 1.82. The van der Waals surface area contributed by atoms with E-state index in [4.69, 9.17) is 4.99 Å². The number of hydrogen-bond acceptors (Lipinski definition) is 6. The Morgan fingerprint density at radius 2 is 2.00 bits per heavy atom. The lowest BCUT2D eigenvalue weighted by molar-refractivity contribution is -0.384. The smallest absolute Gasteiger partial charge is 0.269 e. The van der Waals surface area contributed by atoms with Crippen LogP contribution < -0.4 is 0 Å². The molecular formula is C22H21N5O2S. The highest BCUT2D eigenvalue weighted by atomic mass is 32.2. The van der Waals surface area contributed by atoms with E-state index in [9.17, 15) is 10.1 Å². The first-order valence-corrected chi connectivity index (χ1v) is 11.0. The average molecular weight is 420 g/mol. The predicted octanol–water partition coefficient (Wildman–Crippen LogP) is 4.76. The first-order chi connectivity index (χ1) is 14.7. The van der Waals surface area contributed by atoms with Crippen LogP contribution in [0, 0.1) is 10.1 Å². The van der Waals surface area contributed by atoms with Crippen LogP contribution in [0.3, 0.4) is 0 Å². The number of rotatable bonds is 5. The molecule has 0 spiro atoms. The molecule has 4 heterocycles. The highest BCUT2D eigenvalue weighted by Crippen LogP contribution is 2.48. The van der Waals surface area contributed by atoms with E-state index < -0.39 is 0 Å². The van der Waals surface area contributed by atoms with Crippen LogP contribution in [-0.2, 0) is 0 Å². The molecule has 0 unspecified atom stereocenters. The maximum atomic E-state index is 11.0. The van der Waals surface area contributed by atoms with Gasteiger partial charge < -0.3 is 9.47 Å². The molecule has 3 aromatic rings. The minimum atomic E-state index is -0.373. The Morgan fingerprint density at radius 1 is 1.17 bits per heavy atom. The Balaban J connectivity index is 1.59. The van der Waals surface area contributed by atoms with Gasteiger partial charge in [0.2, 0.25) is 0 Å². The summed E-state index contributed by atoms with van der Waals surface area (Å²) < 4.78 is 2.11. The Kier molecular flexibility index (Phi) is 4.78. The second-order valence-electron chi connectivity index (χ2n) is 7.41. The molecule has 0 saturated carbocycles. The summed E-state index contributed by atoms with van der Waals surface area (Å²) in [6, 6.07) is 17.2. The molecule has 7 nitrogen and oxygen atoms in total. The summed E-state index contributed by atoms with van der Waals surface area (Å²) in [6.45, 7) is 2.22. The third-order valence-electron chi connectivity index (χ3n) is 5.75. The molecule has 2 aliphatic heterocycles. The van der Waals surface area contributed by atoms with Crippen LogP contribution in [0.5, 0.6) is 0 Å². The molecule has 5 rings (SSSR count). The largest absolute Gasteiger partial charge is 0.337 e. The lowest BCUT2D eigenvalue weighted by atomic mass is 9.99. The highest BCUT2D eigenvalue weighted by molar-refractivity contribution is 8.14. The molecule has 8 heteroatoms. The summed E-state index contributed by atoms with van der Waals surface area (Å²) in [7, 11) is 0.